The fourth-order valence-electron chi connectivity index (χ4n) is 3.99. The standard InChI is InChI=1S/C27H30N2O5S2/c1-6-33-26(31)23-17(4)28-27-29(25(30)22(36-27)15-19-8-7-13-35-19)24(23)18-9-10-20(21(14-18)32-5)34-12-11-16(2)3/h7-10,13-16,24H,6,11-12H2,1-5H3/b22-15-. The Kier molecular flexibility index (Phi) is 8.11. The molecular formula is C27H30N2O5S2. The number of ether oxygens (including phenoxy) is 3. The van der Waals surface area contributed by atoms with Gasteiger partial charge in [0, 0.05) is 4.88 Å². The first kappa shape index (κ1) is 25.9. The molecule has 3 heterocycles. The van der Waals surface area contributed by atoms with Gasteiger partial charge in [0.05, 0.1) is 42.2 Å². The topological polar surface area (TPSA) is 79.1 Å². The monoisotopic (exact) mass is 526 g/mol. The summed E-state index contributed by atoms with van der Waals surface area (Å²) < 4.78 is 19.1. The summed E-state index contributed by atoms with van der Waals surface area (Å²) in [6, 6.07) is 8.71. The Bertz CT molecular complexity index is 1450. The van der Waals surface area contributed by atoms with Crippen LogP contribution in [0.4, 0.5) is 0 Å². The molecule has 7 nitrogen and oxygen atoms in total. The maximum absolute atomic E-state index is 13.6. The van der Waals surface area contributed by atoms with Crippen LogP contribution in [0.15, 0.2) is 56.8 Å². The predicted molar refractivity (Wildman–Crippen MR) is 143 cm³/mol. The summed E-state index contributed by atoms with van der Waals surface area (Å²) in [7, 11) is 1.58. The lowest BCUT2D eigenvalue weighted by atomic mass is 9.95. The number of carbonyl (C=O) groups excluding carboxylic acids is 1. The van der Waals surface area contributed by atoms with Crippen LogP contribution in [-0.4, -0.2) is 30.9 Å². The van der Waals surface area contributed by atoms with Crippen LogP contribution in [-0.2, 0) is 9.53 Å². The minimum atomic E-state index is -0.704. The molecule has 9 heteroatoms. The SMILES string of the molecule is CCOC(=O)C1=C(C)N=c2s/c(=C\c3cccs3)c(=O)n2C1c1ccc(OCCC(C)C)c(OC)c1. The zero-order valence-corrected chi connectivity index (χ0v) is 22.7. The van der Waals surface area contributed by atoms with Crippen LogP contribution < -0.4 is 24.4 Å². The highest BCUT2D eigenvalue weighted by Crippen LogP contribution is 2.36. The molecule has 1 atom stereocenters. The Morgan fingerprint density at radius 3 is 2.72 bits per heavy atom. The molecule has 2 aromatic heterocycles. The average molecular weight is 527 g/mol. The number of fused-ring (bicyclic) bond motifs is 1. The lowest BCUT2D eigenvalue weighted by Crippen LogP contribution is -2.39. The Morgan fingerprint density at radius 1 is 1.25 bits per heavy atom. The zero-order chi connectivity index (χ0) is 25.8. The lowest BCUT2D eigenvalue weighted by molar-refractivity contribution is -0.139. The molecule has 0 radical (unpaired) electrons. The van der Waals surface area contributed by atoms with Gasteiger partial charge < -0.3 is 14.2 Å². The van der Waals surface area contributed by atoms with Crippen LogP contribution >= 0.6 is 22.7 Å². The minimum Gasteiger partial charge on any atom is -0.493 e. The molecular weight excluding hydrogens is 496 g/mol. The maximum atomic E-state index is 13.6. The second-order valence-electron chi connectivity index (χ2n) is 8.76. The van der Waals surface area contributed by atoms with E-state index in [9.17, 15) is 9.59 Å². The molecule has 1 aliphatic rings. The molecule has 0 aliphatic carbocycles. The number of rotatable bonds is 9. The number of carbonyl (C=O) groups is 1. The van der Waals surface area contributed by atoms with Crippen LogP contribution in [0.1, 0.15) is 50.6 Å². The van der Waals surface area contributed by atoms with E-state index in [1.807, 2.05) is 41.8 Å². The fourth-order valence-corrected chi connectivity index (χ4v) is 5.76. The number of methoxy groups -OCH3 is 1. The van der Waals surface area contributed by atoms with Gasteiger partial charge in [0.2, 0.25) is 0 Å². The molecule has 1 aromatic carbocycles. The third-order valence-corrected chi connectivity index (χ3v) is 7.59. The van der Waals surface area contributed by atoms with Gasteiger partial charge in [-0.3, -0.25) is 9.36 Å². The third-order valence-electron chi connectivity index (χ3n) is 5.79. The van der Waals surface area contributed by atoms with E-state index in [1.165, 1.54) is 11.3 Å². The van der Waals surface area contributed by atoms with Gasteiger partial charge in [-0.1, -0.05) is 37.3 Å². The van der Waals surface area contributed by atoms with E-state index in [2.05, 4.69) is 18.8 Å². The van der Waals surface area contributed by atoms with Gasteiger partial charge in [-0.05, 0) is 61.4 Å². The number of nitrogens with zero attached hydrogens (tertiary/aromatic N) is 2. The third kappa shape index (κ3) is 5.32. The largest absolute Gasteiger partial charge is 0.493 e. The number of aromatic nitrogens is 1. The summed E-state index contributed by atoms with van der Waals surface area (Å²) in [5, 5.41) is 1.96. The van der Waals surface area contributed by atoms with Crippen LogP contribution in [0, 0.1) is 5.92 Å². The van der Waals surface area contributed by atoms with Gasteiger partial charge in [-0.25, -0.2) is 9.79 Å². The van der Waals surface area contributed by atoms with Crippen molar-refractivity contribution in [3.63, 3.8) is 0 Å². The smallest absolute Gasteiger partial charge is 0.338 e. The first-order valence-electron chi connectivity index (χ1n) is 11.9. The quantitative estimate of drug-likeness (QED) is 0.389. The first-order chi connectivity index (χ1) is 17.3. The van der Waals surface area contributed by atoms with E-state index in [4.69, 9.17) is 14.2 Å². The highest BCUT2D eigenvalue weighted by molar-refractivity contribution is 7.11. The van der Waals surface area contributed by atoms with Crippen molar-refractivity contribution in [1.82, 2.24) is 4.57 Å². The highest BCUT2D eigenvalue weighted by Gasteiger charge is 2.34. The van der Waals surface area contributed by atoms with Gasteiger partial charge >= 0.3 is 5.97 Å². The molecule has 0 fully saturated rings. The lowest BCUT2D eigenvalue weighted by Gasteiger charge is -2.25. The predicted octanol–water partition coefficient (Wildman–Crippen LogP) is 4.29. The van der Waals surface area contributed by atoms with Gasteiger partial charge in [-0.15, -0.1) is 11.3 Å². The second-order valence-corrected chi connectivity index (χ2v) is 10.7. The summed E-state index contributed by atoms with van der Waals surface area (Å²) in [4.78, 5) is 32.9. The first-order valence-corrected chi connectivity index (χ1v) is 13.6. The van der Waals surface area contributed by atoms with E-state index < -0.39 is 12.0 Å². The molecule has 0 spiro atoms. The van der Waals surface area contributed by atoms with E-state index in [0.29, 0.717) is 50.2 Å². The molecule has 4 rings (SSSR count). The van der Waals surface area contributed by atoms with Crippen LogP contribution in [0.2, 0.25) is 0 Å². The van der Waals surface area contributed by atoms with Crippen LogP contribution in [0.3, 0.4) is 0 Å². The number of hydrogen-bond donors (Lipinski definition) is 0. The van der Waals surface area contributed by atoms with E-state index in [-0.39, 0.29) is 12.2 Å². The number of esters is 1. The van der Waals surface area contributed by atoms with Crippen LogP contribution in [0.5, 0.6) is 11.5 Å². The molecule has 0 N–H and O–H groups in total. The number of allylic oxidation sites excluding steroid dienone is 1. The Balaban J connectivity index is 1.86. The molecule has 0 amide bonds. The molecule has 190 valence electrons. The molecule has 36 heavy (non-hydrogen) atoms. The minimum absolute atomic E-state index is 0.206. The maximum Gasteiger partial charge on any atom is 0.338 e. The van der Waals surface area contributed by atoms with Crippen molar-refractivity contribution in [3.8, 4) is 11.5 Å². The second kappa shape index (κ2) is 11.3. The van der Waals surface area contributed by atoms with Crippen molar-refractivity contribution in [2.45, 2.75) is 40.2 Å². The van der Waals surface area contributed by atoms with Crippen molar-refractivity contribution in [1.29, 1.82) is 0 Å². The molecule has 0 saturated heterocycles. The Morgan fingerprint density at radius 2 is 2.06 bits per heavy atom. The number of hydrogen-bond acceptors (Lipinski definition) is 8. The van der Waals surface area contributed by atoms with Crippen LogP contribution in [0.25, 0.3) is 6.08 Å². The Hall–Kier alpha value is -3.17. The molecule has 1 unspecified atom stereocenters. The van der Waals surface area contributed by atoms with Gasteiger partial charge in [0.1, 0.15) is 0 Å². The number of thiophene rings is 1. The fraction of sp³-hybridized carbons (Fsp3) is 0.370. The van der Waals surface area contributed by atoms with E-state index in [1.54, 1.807) is 36.9 Å². The van der Waals surface area contributed by atoms with E-state index >= 15 is 0 Å². The van der Waals surface area contributed by atoms with Crippen molar-refractivity contribution in [2.75, 3.05) is 20.3 Å². The highest BCUT2D eigenvalue weighted by atomic mass is 32.1. The summed E-state index contributed by atoms with van der Waals surface area (Å²) in [6.45, 7) is 8.60. The Labute approximate surface area is 218 Å². The number of thiazole rings is 1. The summed E-state index contributed by atoms with van der Waals surface area (Å²) >= 11 is 2.86. The van der Waals surface area contributed by atoms with Crippen molar-refractivity contribution in [3.05, 3.63) is 77.1 Å². The normalized spacial score (nSPS) is 15.6. The molecule has 0 bridgehead atoms. The summed E-state index contributed by atoms with van der Waals surface area (Å²) in [6.07, 6.45) is 2.78. The average Bonchev–Trinajstić information content (AvgIpc) is 3.46. The van der Waals surface area contributed by atoms with E-state index in [0.717, 1.165) is 11.3 Å². The molecule has 3 aromatic rings. The van der Waals surface area contributed by atoms with Crippen molar-refractivity contribution in [2.24, 2.45) is 10.9 Å². The number of benzene rings is 1. The summed E-state index contributed by atoms with van der Waals surface area (Å²) in [5.74, 6) is 1.18. The zero-order valence-electron chi connectivity index (χ0n) is 21.1. The van der Waals surface area contributed by atoms with Gasteiger partial charge in [0.15, 0.2) is 16.3 Å². The van der Waals surface area contributed by atoms with Crippen molar-refractivity contribution >= 4 is 34.7 Å². The molecule has 0 saturated carbocycles. The van der Waals surface area contributed by atoms with Gasteiger partial charge in [-0.2, -0.15) is 0 Å². The van der Waals surface area contributed by atoms with Crippen molar-refractivity contribution < 1.29 is 19.0 Å². The van der Waals surface area contributed by atoms with Gasteiger partial charge in [0.25, 0.3) is 5.56 Å². The summed E-state index contributed by atoms with van der Waals surface area (Å²) in [5.41, 5.74) is 1.37. The molecule has 1 aliphatic heterocycles.